The van der Waals surface area contributed by atoms with Crippen molar-refractivity contribution >= 4 is 38.8 Å². The van der Waals surface area contributed by atoms with Gasteiger partial charge in [0.25, 0.3) is 5.91 Å². The molecular formula is C16H14N2OS2. The summed E-state index contributed by atoms with van der Waals surface area (Å²) in [5, 5.41) is 3.02. The zero-order valence-electron chi connectivity index (χ0n) is 11.4. The summed E-state index contributed by atoms with van der Waals surface area (Å²) in [4.78, 5) is 20.2. The summed E-state index contributed by atoms with van der Waals surface area (Å²) in [7, 11) is 0. The molecule has 4 rings (SSSR count). The molecule has 106 valence electrons. The lowest BCUT2D eigenvalue weighted by atomic mass is 10.2. The van der Waals surface area contributed by atoms with E-state index in [1.54, 1.807) is 11.3 Å². The van der Waals surface area contributed by atoms with Crippen LogP contribution in [0.15, 0.2) is 41.8 Å². The molecule has 0 spiro atoms. The fourth-order valence-corrected chi connectivity index (χ4v) is 4.64. The molecule has 0 bridgehead atoms. The van der Waals surface area contributed by atoms with Gasteiger partial charge in [-0.3, -0.25) is 4.79 Å². The molecule has 1 aromatic carbocycles. The number of amides is 1. The van der Waals surface area contributed by atoms with Crippen LogP contribution in [0.1, 0.15) is 33.6 Å². The van der Waals surface area contributed by atoms with Crippen LogP contribution in [0.5, 0.6) is 0 Å². The predicted molar refractivity (Wildman–Crippen MR) is 87.0 cm³/mol. The fourth-order valence-electron chi connectivity index (χ4n) is 2.84. The second kappa shape index (κ2) is 5.24. The van der Waals surface area contributed by atoms with Crippen molar-refractivity contribution in [2.45, 2.75) is 18.9 Å². The average molecular weight is 314 g/mol. The number of hydrogen-bond acceptors (Lipinski definition) is 4. The van der Waals surface area contributed by atoms with Crippen LogP contribution in [-0.4, -0.2) is 22.3 Å². The molecule has 3 aromatic rings. The molecule has 1 atom stereocenters. The molecule has 0 aliphatic carbocycles. The van der Waals surface area contributed by atoms with E-state index in [0.717, 1.165) is 34.8 Å². The Morgan fingerprint density at radius 3 is 2.95 bits per heavy atom. The van der Waals surface area contributed by atoms with Gasteiger partial charge in [-0.05, 0) is 36.4 Å². The molecule has 21 heavy (non-hydrogen) atoms. The van der Waals surface area contributed by atoms with Gasteiger partial charge in [0, 0.05) is 6.54 Å². The largest absolute Gasteiger partial charge is 0.328 e. The Balaban J connectivity index is 1.68. The third kappa shape index (κ3) is 2.26. The van der Waals surface area contributed by atoms with Gasteiger partial charge in [0.1, 0.15) is 5.01 Å². The van der Waals surface area contributed by atoms with Gasteiger partial charge in [-0.1, -0.05) is 18.2 Å². The van der Waals surface area contributed by atoms with E-state index in [0.29, 0.717) is 0 Å². The van der Waals surface area contributed by atoms with Crippen LogP contribution in [-0.2, 0) is 0 Å². The van der Waals surface area contributed by atoms with Crippen LogP contribution in [0, 0.1) is 0 Å². The van der Waals surface area contributed by atoms with E-state index < -0.39 is 0 Å². The van der Waals surface area contributed by atoms with Gasteiger partial charge in [-0.25, -0.2) is 4.98 Å². The van der Waals surface area contributed by atoms with Gasteiger partial charge in [0.2, 0.25) is 0 Å². The van der Waals surface area contributed by atoms with Crippen LogP contribution in [0.4, 0.5) is 0 Å². The Morgan fingerprint density at radius 1 is 1.24 bits per heavy atom. The van der Waals surface area contributed by atoms with Gasteiger partial charge >= 0.3 is 0 Å². The minimum absolute atomic E-state index is 0.136. The molecule has 0 N–H and O–H groups in total. The Morgan fingerprint density at radius 2 is 2.14 bits per heavy atom. The van der Waals surface area contributed by atoms with Crippen molar-refractivity contribution in [1.29, 1.82) is 0 Å². The third-order valence-electron chi connectivity index (χ3n) is 3.84. The number of nitrogens with zero attached hydrogens (tertiary/aromatic N) is 2. The van der Waals surface area contributed by atoms with E-state index in [1.807, 2.05) is 40.6 Å². The van der Waals surface area contributed by atoms with Crippen LogP contribution in [0.3, 0.4) is 0 Å². The molecule has 2 aromatic heterocycles. The Kier molecular flexibility index (Phi) is 3.24. The number of aromatic nitrogens is 1. The summed E-state index contributed by atoms with van der Waals surface area (Å²) >= 11 is 3.22. The number of thiazole rings is 1. The second-order valence-electron chi connectivity index (χ2n) is 5.15. The van der Waals surface area contributed by atoms with E-state index in [9.17, 15) is 4.79 Å². The lowest BCUT2D eigenvalue weighted by Crippen LogP contribution is -2.29. The summed E-state index contributed by atoms with van der Waals surface area (Å²) in [6.45, 7) is 0.831. The van der Waals surface area contributed by atoms with E-state index in [4.69, 9.17) is 4.98 Å². The summed E-state index contributed by atoms with van der Waals surface area (Å²) in [5.41, 5.74) is 1.04. The smallest absolute Gasteiger partial charge is 0.264 e. The van der Waals surface area contributed by atoms with Gasteiger partial charge in [-0.2, -0.15) is 0 Å². The molecular weight excluding hydrogens is 300 g/mol. The quantitative estimate of drug-likeness (QED) is 0.705. The summed E-state index contributed by atoms with van der Waals surface area (Å²) in [5.74, 6) is 0.145. The summed E-state index contributed by atoms with van der Waals surface area (Å²) in [6.07, 6.45) is 2.06. The van der Waals surface area contributed by atoms with Crippen LogP contribution < -0.4 is 0 Å². The molecule has 1 fully saturated rings. The molecule has 1 saturated heterocycles. The highest BCUT2D eigenvalue weighted by Gasteiger charge is 2.33. The standard InChI is InChI=1S/C16H14N2OS2/c19-16(14-8-4-10-20-14)18-9-3-6-12(18)15-17-11-5-1-2-7-13(11)21-15/h1-2,4-5,7-8,10,12H,3,6,9H2/t12-/m1/s1. The van der Waals surface area contributed by atoms with Crippen LogP contribution in [0.2, 0.25) is 0 Å². The lowest BCUT2D eigenvalue weighted by molar-refractivity contribution is 0.0740. The van der Waals surface area contributed by atoms with Crippen molar-refractivity contribution in [3.05, 3.63) is 51.7 Å². The Labute approximate surface area is 130 Å². The Bertz CT molecular complexity index is 746. The lowest BCUT2D eigenvalue weighted by Gasteiger charge is -2.22. The molecule has 1 aliphatic heterocycles. The van der Waals surface area contributed by atoms with Crippen molar-refractivity contribution in [2.24, 2.45) is 0 Å². The topological polar surface area (TPSA) is 33.2 Å². The molecule has 1 aliphatic rings. The maximum atomic E-state index is 12.6. The van der Waals surface area contributed by atoms with Gasteiger partial charge in [0.15, 0.2) is 0 Å². The first-order valence-electron chi connectivity index (χ1n) is 7.03. The molecule has 3 heterocycles. The van der Waals surface area contributed by atoms with Crippen molar-refractivity contribution < 1.29 is 4.79 Å². The minimum atomic E-state index is 0.136. The molecule has 0 unspecified atom stereocenters. The number of para-hydroxylation sites is 1. The monoisotopic (exact) mass is 314 g/mol. The minimum Gasteiger partial charge on any atom is -0.328 e. The number of hydrogen-bond donors (Lipinski definition) is 0. The van der Waals surface area contributed by atoms with Crippen molar-refractivity contribution in [1.82, 2.24) is 9.88 Å². The highest BCUT2D eigenvalue weighted by atomic mass is 32.1. The fraction of sp³-hybridized carbons (Fsp3) is 0.250. The zero-order chi connectivity index (χ0) is 14.2. The number of thiophene rings is 1. The normalized spacial score (nSPS) is 18.5. The number of likely N-dealkylation sites (tertiary alicyclic amines) is 1. The predicted octanol–water partition coefficient (Wildman–Crippen LogP) is 4.34. The third-order valence-corrected chi connectivity index (χ3v) is 5.84. The van der Waals surface area contributed by atoms with Crippen molar-refractivity contribution in [3.63, 3.8) is 0 Å². The van der Waals surface area contributed by atoms with E-state index in [2.05, 4.69) is 6.07 Å². The first-order chi connectivity index (χ1) is 10.3. The molecule has 0 saturated carbocycles. The molecule has 5 heteroatoms. The second-order valence-corrected chi connectivity index (χ2v) is 7.16. The van der Waals surface area contributed by atoms with Gasteiger partial charge in [0.05, 0.1) is 21.1 Å². The van der Waals surface area contributed by atoms with Gasteiger partial charge in [-0.15, -0.1) is 22.7 Å². The average Bonchev–Trinajstić information content (AvgIpc) is 3.24. The van der Waals surface area contributed by atoms with E-state index in [-0.39, 0.29) is 11.9 Å². The van der Waals surface area contributed by atoms with Gasteiger partial charge < -0.3 is 4.90 Å². The molecule has 3 nitrogen and oxygen atoms in total. The molecule has 0 radical (unpaired) electrons. The van der Waals surface area contributed by atoms with Crippen LogP contribution >= 0.6 is 22.7 Å². The number of carbonyl (C=O) groups is 1. The zero-order valence-corrected chi connectivity index (χ0v) is 13.0. The summed E-state index contributed by atoms with van der Waals surface area (Å²) in [6, 6.07) is 12.1. The van der Waals surface area contributed by atoms with E-state index >= 15 is 0 Å². The highest BCUT2D eigenvalue weighted by molar-refractivity contribution is 7.18. The number of fused-ring (bicyclic) bond motifs is 1. The van der Waals surface area contributed by atoms with E-state index in [1.165, 1.54) is 16.0 Å². The maximum Gasteiger partial charge on any atom is 0.264 e. The number of benzene rings is 1. The molecule has 1 amide bonds. The Hall–Kier alpha value is -1.72. The maximum absolute atomic E-state index is 12.6. The first-order valence-corrected chi connectivity index (χ1v) is 8.72. The van der Waals surface area contributed by atoms with Crippen molar-refractivity contribution in [3.8, 4) is 0 Å². The highest BCUT2D eigenvalue weighted by Crippen LogP contribution is 2.37. The summed E-state index contributed by atoms with van der Waals surface area (Å²) < 4.78 is 1.20. The number of rotatable bonds is 2. The van der Waals surface area contributed by atoms with Crippen LogP contribution in [0.25, 0.3) is 10.2 Å². The SMILES string of the molecule is O=C(c1cccs1)N1CCC[C@@H]1c1nc2ccccc2s1. The van der Waals surface area contributed by atoms with Crippen molar-refractivity contribution in [2.75, 3.05) is 6.54 Å². The first kappa shape index (κ1) is 13.0. The number of carbonyl (C=O) groups excluding carboxylic acids is 1.